The maximum Gasteiger partial charge on any atom is 0.411 e. The third kappa shape index (κ3) is 6.28. The zero-order valence-electron chi connectivity index (χ0n) is 22.3. The van der Waals surface area contributed by atoms with Crippen LogP contribution in [0.15, 0.2) is 24.8 Å². The Hall–Kier alpha value is -2.32. The second-order valence-corrected chi connectivity index (χ2v) is 15.7. The Morgan fingerprint density at radius 1 is 1.11 bits per heavy atom. The van der Waals surface area contributed by atoms with E-state index in [2.05, 4.69) is 53.4 Å². The first-order valence-electron chi connectivity index (χ1n) is 12.6. The van der Waals surface area contributed by atoms with Crippen molar-refractivity contribution < 1.29 is 28.6 Å². The summed E-state index contributed by atoms with van der Waals surface area (Å²) in [4.78, 5) is 26.1. The van der Waals surface area contributed by atoms with Crippen molar-refractivity contribution in [1.29, 1.82) is 0 Å². The first kappa shape index (κ1) is 28.9. The van der Waals surface area contributed by atoms with Crippen molar-refractivity contribution in [1.82, 2.24) is 0 Å². The van der Waals surface area contributed by atoms with E-state index in [0.29, 0.717) is 45.8 Å². The van der Waals surface area contributed by atoms with Crippen LogP contribution in [0.5, 0.6) is 11.5 Å². The fourth-order valence-electron chi connectivity index (χ4n) is 5.73. The number of carbonyl (C=O) groups is 2. The highest BCUT2D eigenvalue weighted by molar-refractivity contribution is 6.78. The van der Waals surface area contributed by atoms with Crippen LogP contribution < -0.4 is 14.5 Å². The summed E-state index contributed by atoms with van der Waals surface area (Å²) < 4.78 is 17.7. The molecule has 1 aliphatic rings. The Morgan fingerprint density at radius 3 is 2.26 bits per heavy atom. The number of amides is 1. The Kier molecular flexibility index (Phi) is 10.4. The van der Waals surface area contributed by atoms with Gasteiger partial charge < -0.3 is 19.0 Å². The number of anilines is 1. The number of aliphatic hydroxyl groups excluding tert-OH is 1. The van der Waals surface area contributed by atoms with Crippen LogP contribution in [0.1, 0.15) is 71.2 Å². The molecule has 2 rings (SSSR count). The van der Waals surface area contributed by atoms with Gasteiger partial charge in [-0.3, -0.25) is 10.1 Å². The van der Waals surface area contributed by atoms with Crippen LogP contribution >= 0.6 is 0 Å². The molecule has 0 aliphatic heterocycles. The van der Waals surface area contributed by atoms with Gasteiger partial charge in [0.05, 0.1) is 12.8 Å². The Labute approximate surface area is 211 Å². The summed E-state index contributed by atoms with van der Waals surface area (Å²) >= 11 is 0. The topological polar surface area (TPSA) is 94.1 Å². The highest BCUT2D eigenvalue weighted by Gasteiger charge is 2.47. The number of hydrogen-bond donors (Lipinski definition) is 2. The number of aliphatic hydroxyl groups is 1. The van der Waals surface area contributed by atoms with Crippen LogP contribution in [0.3, 0.4) is 0 Å². The summed E-state index contributed by atoms with van der Waals surface area (Å²) in [6, 6.07) is 3.35. The van der Waals surface area contributed by atoms with Crippen molar-refractivity contribution in [2.45, 2.75) is 77.4 Å². The summed E-state index contributed by atoms with van der Waals surface area (Å²) in [5.41, 5.74) is 1.63. The molecule has 2 atom stereocenters. The fourth-order valence-corrected chi connectivity index (χ4v) is 11.0. The van der Waals surface area contributed by atoms with Gasteiger partial charge in [0.15, 0.2) is 11.5 Å². The maximum absolute atomic E-state index is 13.6. The predicted molar refractivity (Wildman–Crippen MR) is 142 cm³/mol. The lowest BCUT2D eigenvalue weighted by Crippen LogP contribution is -2.50. The SMILES string of the molecule is C=CCOC(=O)Nc1cc(O[Si](C(C)C)(C(C)C)C(C)C)c(OC)cc1C(=O)C1CCC[C@H]1CO. The van der Waals surface area contributed by atoms with E-state index in [1.165, 1.54) is 6.08 Å². The highest BCUT2D eigenvalue weighted by Crippen LogP contribution is 2.46. The van der Waals surface area contributed by atoms with Crippen molar-refractivity contribution in [3.63, 3.8) is 0 Å². The van der Waals surface area contributed by atoms with E-state index in [9.17, 15) is 14.7 Å². The average molecular weight is 506 g/mol. The molecule has 0 heterocycles. The van der Waals surface area contributed by atoms with Crippen molar-refractivity contribution >= 4 is 25.9 Å². The molecule has 196 valence electrons. The van der Waals surface area contributed by atoms with Crippen molar-refractivity contribution in [2.24, 2.45) is 11.8 Å². The number of benzene rings is 1. The van der Waals surface area contributed by atoms with Gasteiger partial charge in [-0.15, -0.1) is 0 Å². The van der Waals surface area contributed by atoms with Gasteiger partial charge in [-0.2, -0.15) is 0 Å². The first-order valence-corrected chi connectivity index (χ1v) is 14.8. The highest BCUT2D eigenvalue weighted by atomic mass is 28.4. The molecule has 35 heavy (non-hydrogen) atoms. The first-order chi connectivity index (χ1) is 16.5. The number of rotatable bonds is 12. The molecule has 0 aromatic heterocycles. The third-order valence-corrected chi connectivity index (χ3v) is 13.4. The standard InChI is InChI=1S/C27H43NO6Si/c1-9-13-33-27(31)28-23-15-25(34-35(17(2)3,18(4)5)19(6)7)24(32-8)14-22(23)26(30)21-12-10-11-20(21)16-29/h9,14-15,17-21,29H,1,10-13,16H2,2-8H3,(H,28,31)/t20-,21?/m0/s1. The lowest BCUT2D eigenvalue weighted by atomic mass is 9.88. The summed E-state index contributed by atoms with van der Waals surface area (Å²) in [7, 11) is -0.789. The summed E-state index contributed by atoms with van der Waals surface area (Å²) in [6.45, 7) is 16.7. The van der Waals surface area contributed by atoms with Gasteiger partial charge in [0.2, 0.25) is 0 Å². The largest absolute Gasteiger partial charge is 0.540 e. The van der Waals surface area contributed by atoms with Gasteiger partial charge in [-0.25, -0.2) is 4.79 Å². The summed E-state index contributed by atoms with van der Waals surface area (Å²) in [6.07, 6.45) is 3.19. The molecule has 1 amide bonds. The number of methoxy groups -OCH3 is 1. The lowest BCUT2D eigenvalue weighted by molar-refractivity contribution is 0.0851. The van der Waals surface area contributed by atoms with Crippen LogP contribution in [0.2, 0.25) is 16.6 Å². The van der Waals surface area contributed by atoms with Gasteiger partial charge in [-0.1, -0.05) is 60.6 Å². The Balaban J connectivity index is 2.62. The average Bonchev–Trinajstić information content (AvgIpc) is 3.29. The van der Waals surface area contributed by atoms with E-state index in [4.69, 9.17) is 13.9 Å². The molecule has 8 heteroatoms. The van der Waals surface area contributed by atoms with E-state index in [-0.39, 0.29) is 30.8 Å². The molecule has 1 aromatic carbocycles. The van der Waals surface area contributed by atoms with E-state index in [1.807, 2.05) is 0 Å². The number of Topliss-reactive ketones (excluding diaryl/α,β-unsaturated/α-hetero) is 1. The minimum absolute atomic E-state index is 0.0375. The summed E-state index contributed by atoms with van der Waals surface area (Å²) in [5, 5.41) is 12.5. The minimum Gasteiger partial charge on any atom is -0.540 e. The second kappa shape index (κ2) is 12.6. The molecule has 0 saturated heterocycles. The van der Waals surface area contributed by atoms with Crippen LogP contribution in [-0.2, 0) is 4.74 Å². The number of ketones is 1. The molecule has 2 N–H and O–H groups in total. The Morgan fingerprint density at radius 2 is 1.74 bits per heavy atom. The molecule has 7 nitrogen and oxygen atoms in total. The fraction of sp³-hybridized carbons (Fsp3) is 0.630. The molecule has 1 saturated carbocycles. The molecule has 1 aromatic rings. The molecule has 0 radical (unpaired) electrons. The van der Waals surface area contributed by atoms with Gasteiger partial charge in [0.1, 0.15) is 12.4 Å². The van der Waals surface area contributed by atoms with Crippen LogP contribution in [0.4, 0.5) is 10.5 Å². The van der Waals surface area contributed by atoms with Crippen LogP contribution in [-0.4, -0.2) is 45.6 Å². The van der Waals surface area contributed by atoms with Gasteiger partial charge in [0, 0.05) is 24.2 Å². The molecular weight excluding hydrogens is 462 g/mol. The van der Waals surface area contributed by atoms with E-state index >= 15 is 0 Å². The Bertz CT molecular complexity index is 876. The zero-order chi connectivity index (χ0) is 26.3. The van der Waals surface area contributed by atoms with Crippen LogP contribution in [0, 0.1) is 11.8 Å². The third-order valence-electron chi connectivity index (χ3n) is 7.36. The normalized spacial score (nSPS) is 18.1. The smallest absolute Gasteiger partial charge is 0.411 e. The number of ether oxygens (including phenoxy) is 2. The van der Waals surface area contributed by atoms with Crippen molar-refractivity contribution in [3.8, 4) is 11.5 Å². The zero-order valence-corrected chi connectivity index (χ0v) is 23.3. The molecule has 1 unspecified atom stereocenters. The monoisotopic (exact) mass is 505 g/mol. The predicted octanol–water partition coefficient (Wildman–Crippen LogP) is 6.58. The molecule has 0 spiro atoms. The number of carbonyl (C=O) groups excluding carboxylic acids is 2. The van der Waals surface area contributed by atoms with E-state index in [0.717, 1.165) is 12.8 Å². The quantitative estimate of drug-likeness (QED) is 0.189. The number of hydrogen-bond acceptors (Lipinski definition) is 6. The van der Waals surface area contributed by atoms with E-state index < -0.39 is 14.4 Å². The van der Waals surface area contributed by atoms with Crippen LogP contribution in [0.25, 0.3) is 0 Å². The number of nitrogens with one attached hydrogen (secondary N) is 1. The lowest BCUT2D eigenvalue weighted by Gasteiger charge is -2.42. The summed E-state index contributed by atoms with van der Waals surface area (Å²) in [5.74, 6) is 0.446. The molecule has 0 bridgehead atoms. The van der Waals surface area contributed by atoms with Crippen molar-refractivity contribution in [3.05, 3.63) is 30.4 Å². The van der Waals surface area contributed by atoms with Crippen molar-refractivity contribution in [2.75, 3.05) is 25.6 Å². The second-order valence-electron chi connectivity index (χ2n) is 10.3. The van der Waals surface area contributed by atoms with Gasteiger partial charge >= 0.3 is 6.09 Å². The molecular formula is C27H43NO6Si. The van der Waals surface area contributed by atoms with Gasteiger partial charge in [-0.05, 0) is 41.4 Å². The maximum atomic E-state index is 13.6. The van der Waals surface area contributed by atoms with E-state index in [1.54, 1.807) is 19.2 Å². The van der Waals surface area contributed by atoms with Gasteiger partial charge in [0.25, 0.3) is 8.32 Å². The minimum atomic E-state index is -2.34. The molecule has 1 aliphatic carbocycles. The molecule has 1 fully saturated rings.